The van der Waals surface area contributed by atoms with E-state index < -0.39 is 0 Å². The third-order valence-electron chi connectivity index (χ3n) is 4.89. The summed E-state index contributed by atoms with van der Waals surface area (Å²) in [4.78, 5) is 23.1. The maximum absolute atomic E-state index is 12.1. The van der Waals surface area contributed by atoms with Crippen LogP contribution in [0.1, 0.15) is 28.7 Å². The largest absolute Gasteiger partial charge is 0.357 e. The first kappa shape index (κ1) is 21.4. The second-order valence-corrected chi connectivity index (χ2v) is 7.35. The number of fused-ring (bicyclic) bond motifs is 1. The van der Waals surface area contributed by atoms with E-state index in [4.69, 9.17) is 4.99 Å². The number of aliphatic imine (C=N–C) groups is 1. The van der Waals surface area contributed by atoms with Crippen LogP contribution in [0, 0.1) is 0 Å². The fraction of sp³-hybridized carbons (Fsp3) is 0.348. The minimum Gasteiger partial charge on any atom is -0.357 e. The van der Waals surface area contributed by atoms with Gasteiger partial charge in [-0.05, 0) is 43.2 Å². The van der Waals surface area contributed by atoms with Gasteiger partial charge in [-0.15, -0.1) is 0 Å². The van der Waals surface area contributed by atoms with Crippen LogP contribution < -0.4 is 10.6 Å². The van der Waals surface area contributed by atoms with Crippen molar-refractivity contribution in [2.24, 2.45) is 12.0 Å². The molecule has 0 aliphatic carbocycles. The second kappa shape index (κ2) is 9.91. The van der Waals surface area contributed by atoms with Crippen molar-refractivity contribution in [2.45, 2.75) is 19.9 Å². The molecule has 0 bridgehead atoms. The molecule has 2 N–H and O–H groups in total. The van der Waals surface area contributed by atoms with Gasteiger partial charge in [0.2, 0.25) is 0 Å². The van der Waals surface area contributed by atoms with Crippen LogP contribution in [0.2, 0.25) is 0 Å². The van der Waals surface area contributed by atoms with Gasteiger partial charge in [0.1, 0.15) is 12.4 Å². The molecule has 0 spiro atoms. The summed E-state index contributed by atoms with van der Waals surface area (Å²) in [7, 11) is 5.54. The molecule has 0 unspecified atom stereocenters. The van der Waals surface area contributed by atoms with Crippen molar-refractivity contribution in [1.82, 2.24) is 25.1 Å². The van der Waals surface area contributed by atoms with Gasteiger partial charge in [-0.1, -0.05) is 24.3 Å². The van der Waals surface area contributed by atoms with E-state index in [1.165, 1.54) is 0 Å². The topological polar surface area (TPSA) is 74.5 Å². The highest BCUT2D eigenvalue weighted by atomic mass is 16.2. The SMILES string of the molecule is CCNC(=NCc1nc2ccccc2n1C)NCCc1cccc(C(=O)N(C)C)c1. The Labute approximate surface area is 177 Å². The average molecular weight is 407 g/mol. The molecule has 0 radical (unpaired) electrons. The zero-order valence-corrected chi connectivity index (χ0v) is 18.1. The fourth-order valence-electron chi connectivity index (χ4n) is 3.27. The van der Waals surface area contributed by atoms with Gasteiger partial charge in [-0.2, -0.15) is 0 Å². The lowest BCUT2D eigenvalue weighted by atomic mass is 10.1. The highest BCUT2D eigenvalue weighted by Crippen LogP contribution is 2.14. The number of hydrogen-bond donors (Lipinski definition) is 2. The predicted molar refractivity (Wildman–Crippen MR) is 122 cm³/mol. The minimum absolute atomic E-state index is 0.0159. The first-order chi connectivity index (χ1) is 14.5. The molecule has 2 aromatic carbocycles. The molecule has 1 aromatic heterocycles. The molecule has 1 heterocycles. The van der Waals surface area contributed by atoms with E-state index in [0.717, 1.165) is 41.3 Å². The van der Waals surface area contributed by atoms with Crippen LogP contribution in [-0.4, -0.2) is 53.5 Å². The first-order valence-corrected chi connectivity index (χ1v) is 10.2. The number of carbonyl (C=O) groups is 1. The van der Waals surface area contributed by atoms with E-state index in [0.29, 0.717) is 18.7 Å². The predicted octanol–water partition coefficient (Wildman–Crippen LogP) is 2.57. The first-order valence-electron chi connectivity index (χ1n) is 10.2. The molecular weight excluding hydrogens is 376 g/mol. The van der Waals surface area contributed by atoms with Crippen molar-refractivity contribution in [2.75, 3.05) is 27.2 Å². The van der Waals surface area contributed by atoms with Gasteiger partial charge in [-0.25, -0.2) is 9.98 Å². The Hall–Kier alpha value is -3.35. The molecule has 0 saturated carbocycles. The van der Waals surface area contributed by atoms with Crippen molar-refractivity contribution in [3.63, 3.8) is 0 Å². The van der Waals surface area contributed by atoms with Gasteiger partial charge in [0.05, 0.1) is 11.0 Å². The van der Waals surface area contributed by atoms with Gasteiger partial charge in [-0.3, -0.25) is 4.79 Å². The number of amides is 1. The number of guanidine groups is 1. The van der Waals surface area contributed by atoms with Crippen LogP contribution >= 0.6 is 0 Å². The number of hydrogen-bond acceptors (Lipinski definition) is 3. The Morgan fingerprint density at radius 2 is 1.93 bits per heavy atom. The molecule has 7 nitrogen and oxygen atoms in total. The standard InChI is InChI=1S/C23H30N6O/c1-5-24-23(26-16-21-27-19-11-6-7-12-20(19)29(21)4)25-14-13-17-9-8-10-18(15-17)22(30)28(2)3/h6-12,15H,5,13-14,16H2,1-4H3,(H2,24,25,26). The normalized spacial score (nSPS) is 11.5. The molecule has 3 aromatic rings. The zero-order chi connectivity index (χ0) is 21.5. The van der Waals surface area contributed by atoms with E-state index in [2.05, 4.69) is 26.3 Å². The second-order valence-electron chi connectivity index (χ2n) is 7.35. The van der Waals surface area contributed by atoms with Crippen molar-refractivity contribution in [3.8, 4) is 0 Å². The van der Waals surface area contributed by atoms with Crippen molar-refractivity contribution in [3.05, 3.63) is 65.5 Å². The Kier molecular flexibility index (Phi) is 7.06. The van der Waals surface area contributed by atoms with Gasteiger partial charge in [0.25, 0.3) is 5.91 Å². The summed E-state index contributed by atoms with van der Waals surface area (Å²) in [6, 6.07) is 15.9. The molecular formula is C23H30N6O. The van der Waals surface area contributed by atoms with Gasteiger partial charge in [0.15, 0.2) is 5.96 Å². The number of benzene rings is 2. The number of aromatic nitrogens is 2. The highest BCUT2D eigenvalue weighted by molar-refractivity contribution is 5.94. The van der Waals surface area contributed by atoms with E-state index in [1.54, 1.807) is 19.0 Å². The summed E-state index contributed by atoms with van der Waals surface area (Å²) < 4.78 is 2.08. The molecule has 158 valence electrons. The number of rotatable bonds is 7. The summed E-state index contributed by atoms with van der Waals surface area (Å²) in [6.45, 7) is 4.03. The van der Waals surface area contributed by atoms with E-state index in [9.17, 15) is 4.79 Å². The number of carbonyl (C=O) groups excluding carboxylic acids is 1. The van der Waals surface area contributed by atoms with E-state index in [1.807, 2.05) is 56.4 Å². The summed E-state index contributed by atoms with van der Waals surface area (Å²) in [5.74, 6) is 1.69. The third-order valence-corrected chi connectivity index (χ3v) is 4.89. The molecule has 0 fully saturated rings. The van der Waals surface area contributed by atoms with E-state index >= 15 is 0 Å². The maximum atomic E-state index is 12.1. The quantitative estimate of drug-likeness (QED) is 0.467. The smallest absolute Gasteiger partial charge is 0.253 e. The van der Waals surface area contributed by atoms with Crippen LogP contribution in [0.15, 0.2) is 53.5 Å². The van der Waals surface area contributed by atoms with Crippen LogP contribution in [0.25, 0.3) is 11.0 Å². The van der Waals surface area contributed by atoms with Crippen LogP contribution in [0.4, 0.5) is 0 Å². The number of para-hydroxylation sites is 2. The van der Waals surface area contributed by atoms with Crippen molar-refractivity contribution >= 4 is 22.9 Å². The summed E-state index contributed by atoms with van der Waals surface area (Å²) in [6.07, 6.45) is 0.797. The molecule has 3 rings (SSSR count). The number of nitrogens with one attached hydrogen (secondary N) is 2. The molecule has 30 heavy (non-hydrogen) atoms. The van der Waals surface area contributed by atoms with Crippen LogP contribution in [0.5, 0.6) is 0 Å². The molecule has 0 saturated heterocycles. The minimum atomic E-state index is 0.0159. The summed E-state index contributed by atoms with van der Waals surface area (Å²) in [5, 5.41) is 6.65. The lowest BCUT2D eigenvalue weighted by molar-refractivity contribution is 0.0827. The van der Waals surface area contributed by atoms with Crippen LogP contribution in [-0.2, 0) is 20.0 Å². The lowest BCUT2D eigenvalue weighted by Gasteiger charge is -2.13. The Bertz CT molecular complexity index is 1040. The Morgan fingerprint density at radius 3 is 2.67 bits per heavy atom. The monoisotopic (exact) mass is 406 g/mol. The number of imidazole rings is 1. The Balaban J connectivity index is 1.62. The molecule has 0 atom stereocenters. The van der Waals surface area contributed by atoms with Crippen molar-refractivity contribution < 1.29 is 4.79 Å². The molecule has 1 amide bonds. The average Bonchev–Trinajstić information content (AvgIpc) is 3.07. The van der Waals surface area contributed by atoms with Gasteiger partial charge < -0.3 is 20.1 Å². The third kappa shape index (κ3) is 5.17. The van der Waals surface area contributed by atoms with E-state index in [-0.39, 0.29) is 5.91 Å². The van der Waals surface area contributed by atoms with Gasteiger partial charge in [0, 0.05) is 39.8 Å². The molecule has 0 aliphatic heterocycles. The highest BCUT2D eigenvalue weighted by Gasteiger charge is 2.09. The Morgan fingerprint density at radius 1 is 1.13 bits per heavy atom. The van der Waals surface area contributed by atoms with Crippen LogP contribution in [0.3, 0.4) is 0 Å². The van der Waals surface area contributed by atoms with Gasteiger partial charge >= 0.3 is 0 Å². The summed E-state index contributed by atoms with van der Waals surface area (Å²) in [5.41, 5.74) is 3.91. The fourth-order valence-corrected chi connectivity index (χ4v) is 3.27. The number of aryl methyl sites for hydroxylation is 1. The van der Waals surface area contributed by atoms with Crippen molar-refractivity contribution in [1.29, 1.82) is 0 Å². The number of nitrogens with zero attached hydrogens (tertiary/aromatic N) is 4. The molecule has 0 aliphatic rings. The zero-order valence-electron chi connectivity index (χ0n) is 18.1. The molecule has 7 heteroatoms. The lowest BCUT2D eigenvalue weighted by Crippen LogP contribution is -2.38. The summed E-state index contributed by atoms with van der Waals surface area (Å²) >= 11 is 0. The maximum Gasteiger partial charge on any atom is 0.253 e.